The number of para-hydroxylation sites is 1. The fourth-order valence-corrected chi connectivity index (χ4v) is 3.48. The number of aromatic nitrogens is 3. The first-order valence-electron chi connectivity index (χ1n) is 10.2. The van der Waals surface area contributed by atoms with Crippen molar-refractivity contribution in [3.8, 4) is 16.9 Å². The molecule has 0 radical (unpaired) electrons. The molecule has 34 heavy (non-hydrogen) atoms. The molecule has 172 valence electrons. The Labute approximate surface area is 199 Å². The molecule has 3 N–H and O–H groups in total. The molecule has 0 saturated carbocycles. The lowest BCUT2D eigenvalue weighted by atomic mass is 10.1. The first-order chi connectivity index (χ1) is 16.4. The summed E-state index contributed by atoms with van der Waals surface area (Å²) in [7, 11) is 0. The fraction of sp³-hybridized carbons (Fsp3) is 0.0833. The van der Waals surface area contributed by atoms with Crippen molar-refractivity contribution in [3.05, 3.63) is 88.8 Å². The average Bonchev–Trinajstić information content (AvgIpc) is 3.23. The van der Waals surface area contributed by atoms with Crippen LogP contribution < -0.4 is 11.1 Å². The number of anilines is 2. The van der Waals surface area contributed by atoms with Gasteiger partial charge in [-0.25, -0.2) is 18.9 Å². The van der Waals surface area contributed by atoms with Crippen LogP contribution in [0.3, 0.4) is 0 Å². The highest BCUT2D eigenvalue weighted by molar-refractivity contribution is 6.34. The van der Waals surface area contributed by atoms with Crippen LogP contribution in [0.15, 0.2) is 66.7 Å². The second-order valence-electron chi connectivity index (χ2n) is 7.10. The highest BCUT2D eigenvalue weighted by Gasteiger charge is 2.21. The quantitative estimate of drug-likeness (QED) is 0.386. The van der Waals surface area contributed by atoms with E-state index in [0.29, 0.717) is 5.69 Å². The number of halogens is 2. The van der Waals surface area contributed by atoms with Crippen LogP contribution in [0, 0.1) is 5.82 Å². The van der Waals surface area contributed by atoms with Gasteiger partial charge in [0.15, 0.2) is 5.69 Å². The molecule has 2 aromatic heterocycles. The summed E-state index contributed by atoms with van der Waals surface area (Å²) in [5.74, 6) is -1.52. The molecule has 4 rings (SSSR count). The van der Waals surface area contributed by atoms with E-state index < -0.39 is 17.7 Å². The van der Waals surface area contributed by atoms with Crippen molar-refractivity contribution in [3.63, 3.8) is 0 Å². The van der Waals surface area contributed by atoms with Crippen LogP contribution in [0.25, 0.3) is 16.9 Å². The summed E-state index contributed by atoms with van der Waals surface area (Å²) in [4.78, 5) is 29.5. The van der Waals surface area contributed by atoms with Crippen molar-refractivity contribution in [2.24, 2.45) is 0 Å². The lowest BCUT2D eigenvalue weighted by molar-refractivity contribution is 0.0518. The van der Waals surface area contributed by atoms with E-state index in [4.69, 9.17) is 22.1 Å². The first kappa shape index (κ1) is 22.9. The maximum Gasteiger partial charge on any atom is 0.358 e. The van der Waals surface area contributed by atoms with Gasteiger partial charge in [0, 0.05) is 11.6 Å². The Balaban J connectivity index is 1.73. The molecule has 0 spiro atoms. The smallest absolute Gasteiger partial charge is 0.358 e. The molecule has 2 heterocycles. The Morgan fingerprint density at radius 2 is 1.88 bits per heavy atom. The van der Waals surface area contributed by atoms with E-state index in [-0.39, 0.29) is 45.8 Å². The van der Waals surface area contributed by atoms with E-state index in [1.807, 2.05) is 6.07 Å². The molecule has 2 aromatic carbocycles. The molecule has 0 atom stereocenters. The zero-order chi connectivity index (χ0) is 24.2. The predicted molar refractivity (Wildman–Crippen MR) is 127 cm³/mol. The van der Waals surface area contributed by atoms with E-state index in [1.54, 1.807) is 49.4 Å². The summed E-state index contributed by atoms with van der Waals surface area (Å²) in [5, 5.41) is 6.86. The summed E-state index contributed by atoms with van der Waals surface area (Å²) >= 11 is 6.19. The predicted octanol–water partition coefficient (Wildman–Crippen LogP) is 4.74. The van der Waals surface area contributed by atoms with E-state index >= 15 is 0 Å². The van der Waals surface area contributed by atoms with Gasteiger partial charge in [0.05, 0.1) is 28.6 Å². The molecule has 0 bridgehead atoms. The Hall–Kier alpha value is -4.24. The van der Waals surface area contributed by atoms with E-state index in [9.17, 15) is 14.0 Å². The number of ether oxygens (including phenoxy) is 1. The molecule has 1 amide bonds. The van der Waals surface area contributed by atoms with E-state index in [1.165, 1.54) is 16.8 Å². The van der Waals surface area contributed by atoms with Crippen LogP contribution >= 0.6 is 11.6 Å². The molecule has 0 saturated heterocycles. The van der Waals surface area contributed by atoms with Gasteiger partial charge >= 0.3 is 5.97 Å². The molecular weight excluding hydrogens is 461 g/mol. The summed E-state index contributed by atoms with van der Waals surface area (Å²) in [5.41, 5.74) is 6.63. The molecule has 8 nitrogen and oxygen atoms in total. The number of pyridine rings is 1. The lowest BCUT2D eigenvalue weighted by Gasteiger charge is -2.11. The number of hydrogen-bond acceptors (Lipinski definition) is 6. The molecule has 0 aliphatic carbocycles. The van der Waals surface area contributed by atoms with Gasteiger partial charge in [-0.3, -0.25) is 4.79 Å². The van der Waals surface area contributed by atoms with Crippen molar-refractivity contribution in [1.29, 1.82) is 0 Å². The van der Waals surface area contributed by atoms with Crippen LogP contribution in [0.2, 0.25) is 5.02 Å². The molecule has 4 aromatic rings. The minimum absolute atomic E-state index is 0.000729. The van der Waals surface area contributed by atoms with Crippen molar-refractivity contribution < 1.29 is 18.7 Å². The Morgan fingerprint density at radius 1 is 1.12 bits per heavy atom. The van der Waals surface area contributed by atoms with Gasteiger partial charge in [-0.15, -0.1) is 0 Å². The van der Waals surface area contributed by atoms with Crippen LogP contribution in [-0.2, 0) is 4.74 Å². The molecule has 10 heteroatoms. The minimum atomic E-state index is -0.654. The number of esters is 1. The normalized spacial score (nSPS) is 10.7. The van der Waals surface area contributed by atoms with Crippen LogP contribution in [-0.4, -0.2) is 33.2 Å². The van der Waals surface area contributed by atoms with Gasteiger partial charge in [-0.1, -0.05) is 35.9 Å². The lowest BCUT2D eigenvalue weighted by Crippen LogP contribution is -2.16. The second-order valence-corrected chi connectivity index (χ2v) is 7.50. The third-order valence-electron chi connectivity index (χ3n) is 4.78. The van der Waals surface area contributed by atoms with Crippen LogP contribution in [0.5, 0.6) is 0 Å². The van der Waals surface area contributed by atoms with Crippen molar-refractivity contribution in [2.75, 3.05) is 17.7 Å². The maximum absolute atomic E-state index is 14.6. The number of amides is 1. The molecule has 0 fully saturated rings. The third-order valence-corrected chi connectivity index (χ3v) is 5.10. The molecule has 0 aliphatic heterocycles. The highest BCUT2D eigenvalue weighted by atomic mass is 35.5. The summed E-state index contributed by atoms with van der Waals surface area (Å²) < 4.78 is 21.0. The maximum atomic E-state index is 14.6. The van der Waals surface area contributed by atoms with Crippen LogP contribution in [0.1, 0.15) is 27.8 Å². The number of hydrogen-bond donors (Lipinski definition) is 2. The number of nitrogens with two attached hydrogens (primary N) is 1. The standard InChI is InChI=1S/C24H19ClFN5O3/c1-2-34-24(33)20-13-22(31(30-20)14-7-4-3-5-8-14)29-23(32)15-11-16(18(26)12-17(15)25)19-9-6-10-21(27)28-19/h3-13H,2H2,1H3,(H2,27,28)(H,29,32). The topological polar surface area (TPSA) is 112 Å². The van der Waals surface area contributed by atoms with Crippen molar-refractivity contribution in [2.45, 2.75) is 6.92 Å². The molecular formula is C24H19ClFN5O3. The minimum Gasteiger partial charge on any atom is -0.461 e. The monoisotopic (exact) mass is 479 g/mol. The van der Waals surface area contributed by atoms with Gasteiger partial charge in [0.25, 0.3) is 5.91 Å². The van der Waals surface area contributed by atoms with E-state index in [0.717, 1.165) is 6.07 Å². The summed E-state index contributed by atoms with van der Waals surface area (Å²) in [6, 6.07) is 17.4. The highest BCUT2D eigenvalue weighted by Crippen LogP contribution is 2.29. The van der Waals surface area contributed by atoms with Gasteiger partial charge in [0.1, 0.15) is 17.5 Å². The van der Waals surface area contributed by atoms with Gasteiger partial charge in [-0.05, 0) is 43.3 Å². The molecule has 0 unspecified atom stereocenters. The number of rotatable bonds is 6. The second kappa shape index (κ2) is 9.72. The zero-order valence-electron chi connectivity index (χ0n) is 18.0. The number of carbonyl (C=O) groups is 2. The fourth-order valence-electron chi connectivity index (χ4n) is 3.25. The largest absolute Gasteiger partial charge is 0.461 e. The number of nitrogens with one attached hydrogen (secondary N) is 1. The third kappa shape index (κ3) is 4.74. The number of benzene rings is 2. The summed E-state index contributed by atoms with van der Waals surface area (Å²) in [6.07, 6.45) is 0. The Kier molecular flexibility index (Phi) is 6.55. The number of nitrogen functional groups attached to an aromatic ring is 1. The summed E-state index contributed by atoms with van der Waals surface area (Å²) in [6.45, 7) is 1.85. The van der Waals surface area contributed by atoms with E-state index in [2.05, 4.69) is 15.4 Å². The SMILES string of the molecule is CCOC(=O)c1cc(NC(=O)c2cc(-c3cccc(N)n3)c(F)cc2Cl)n(-c2ccccc2)n1. The molecule has 0 aliphatic rings. The Bertz CT molecular complexity index is 1370. The van der Waals surface area contributed by atoms with Gasteiger partial charge in [-0.2, -0.15) is 5.10 Å². The van der Waals surface area contributed by atoms with Crippen molar-refractivity contribution in [1.82, 2.24) is 14.8 Å². The Morgan fingerprint density at radius 3 is 2.59 bits per heavy atom. The average molecular weight is 480 g/mol. The number of carbonyl (C=O) groups excluding carboxylic acids is 2. The van der Waals surface area contributed by atoms with Gasteiger partial charge < -0.3 is 15.8 Å². The van der Waals surface area contributed by atoms with Gasteiger partial charge in [0.2, 0.25) is 0 Å². The van der Waals surface area contributed by atoms with Crippen LogP contribution in [0.4, 0.5) is 16.0 Å². The first-order valence-corrected chi connectivity index (χ1v) is 10.6. The number of nitrogens with zero attached hydrogens (tertiary/aromatic N) is 3. The van der Waals surface area contributed by atoms with Crippen molar-refractivity contribution >= 4 is 35.1 Å². The zero-order valence-corrected chi connectivity index (χ0v) is 18.7.